The Bertz CT molecular complexity index is 534. The Labute approximate surface area is 112 Å². The van der Waals surface area contributed by atoms with Crippen LogP contribution in [0.25, 0.3) is 0 Å². The van der Waals surface area contributed by atoms with Crippen molar-refractivity contribution in [2.75, 3.05) is 7.05 Å². The number of nitrogens with zero attached hydrogens (tertiary/aromatic N) is 3. The Morgan fingerprint density at radius 3 is 2.94 bits per heavy atom. The third-order valence-electron chi connectivity index (χ3n) is 2.34. The topological polar surface area (TPSA) is 38.1 Å². The molecule has 1 amide bonds. The molecule has 2 rings (SSSR count). The molecule has 0 aliphatic heterocycles. The highest BCUT2D eigenvalue weighted by Crippen LogP contribution is 2.21. The summed E-state index contributed by atoms with van der Waals surface area (Å²) in [7, 11) is 3.65. The lowest BCUT2D eigenvalue weighted by Crippen LogP contribution is -2.25. The number of carbonyl (C=O) groups is 1. The number of hydrogen-bond acceptors (Lipinski definition) is 3. The minimum absolute atomic E-state index is 0.0239. The summed E-state index contributed by atoms with van der Waals surface area (Å²) in [5, 5.41) is 5.93. The second-order valence-electron chi connectivity index (χ2n) is 3.82. The number of halogens is 1. The second kappa shape index (κ2) is 5.01. The van der Waals surface area contributed by atoms with Gasteiger partial charge in [0.1, 0.15) is 0 Å². The summed E-state index contributed by atoms with van der Waals surface area (Å²) in [6, 6.07) is 1.84. The molecular weight excluding hydrogens is 302 g/mol. The van der Waals surface area contributed by atoms with Crippen LogP contribution in [0.15, 0.2) is 27.6 Å². The first-order valence-electron chi connectivity index (χ1n) is 5.03. The van der Waals surface area contributed by atoms with Crippen LogP contribution in [0.2, 0.25) is 0 Å². The Morgan fingerprint density at radius 2 is 2.41 bits per heavy atom. The van der Waals surface area contributed by atoms with Crippen molar-refractivity contribution in [1.29, 1.82) is 0 Å². The summed E-state index contributed by atoms with van der Waals surface area (Å²) in [4.78, 5) is 13.7. The van der Waals surface area contributed by atoms with Gasteiger partial charge in [-0.2, -0.15) is 5.10 Å². The van der Waals surface area contributed by atoms with Gasteiger partial charge in [0.05, 0.1) is 15.5 Å². The molecule has 6 heteroatoms. The Hall–Kier alpha value is -1.14. The molecule has 4 nitrogen and oxygen atoms in total. The van der Waals surface area contributed by atoms with Gasteiger partial charge in [-0.05, 0) is 22.0 Å². The third kappa shape index (κ3) is 2.95. The molecule has 17 heavy (non-hydrogen) atoms. The van der Waals surface area contributed by atoms with Crippen LogP contribution < -0.4 is 0 Å². The highest BCUT2D eigenvalue weighted by atomic mass is 79.9. The predicted molar refractivity (Wildman–Crippen MR) is 71.0 cm³/mol. The fourth-order valence-corrected chi connectivity index (χ4v) is 2.67. The van der Waals surface area contributed by atoms with Crippen molar-refractivity contribution in [3.63, 3.8) is 0 Å². The summed E-state index contributed by atoms with van der Waals surface area (Å²) in [5.41, 5.74) is 1.74. The number of rotatable bonds is 3. The van der Waals surface area contributed by atoms with E-state index in [-0.39, 0.29) is 5.91 Å². The van der Waals surface area contributed by atoms with E-state index in [1.807, 2.05) is 24.7 Å². The van der Waals surface area contributed by atoms with Gasteiger partial charge in [-0.15, -0.1) is 11.3 Å². The highest BCUT2D eigenvalue weighted by Gasteiger charge is 2.14. The first kappa shape index (κ1) is 12.3. The van der Waals surface area contributed by atoms with Crippen LogP contribution in [-0.2, 0) is 13.6 Å². The summed E-state index contributed by atoms with van der Waals surface area (Å²) < 4.78 is 2.70. The standard InChI is InChI=1S/C11H12BrN3OS/c1-14(5-8-4-13-15(2)6-8)11(16)9-3-10(12)17-7-9/h3-4,6-7H,5H2,1-2H3. The summed E-state index contributed by atoms with van der Waals surface area (Å²) in [6.07, 6.45) is 3.68. The largest absolute Gasteiger partial charge is 0.337 e. The molecular formula is C11H12BrN3OS. The summed E-state index contributed by atoms with van der Waals surface area (Å²) >= 11 is 4.87. The van der Waals surface area contributed by atoms with E-state index in [1.165, 1.54) is 11.3 Å². The minimum atomic E-state index is 0.0239. The van der Waals surface area contributed by atoms with Crippen LogP contribution in [0.4, 0.5) is 0 Å². The molecule has 2 aromatic rings. The first-order chi connectivity index (χ1) is 8.06. The molecule has 0 spiro atoms. The van der Waals surface area contributed by atoms with E-state index in [0.29, 0.717) is 12.1 Å². The molecule has 0 bridgehead atoms. The van der Waals surface area contributed by atoms with Crippen molar-refractivity contribution in [3.05, 3.63) is 38.8 Å². The molecule has 2 heterocycles. The number of carbonyl (C=O) groups excluding carboxylic acids is 1. The van der Waals surface area contributed by atoms with Gasteiger partial charge < -0.3 is 4.90 Å². The van der Waals surface area contributed by atoms with Crippen molar-refractivity contribution in [2.24, 2.45) is 7.05 Å². The molecule has 2 aromatic heterocycles. The van der Waals surface area contributed by atoms with Crippen LogP contribution in [-0.4, -0.2) is 27.6 Å². The van der Waals surface area contributed by atoms with Gasteiger partial charge in [0, 0.05) is 37.8 Å². The average Bonchev–Trinajstić information content (AvgIpc) is 2.87. The van der Waals surface area contributed by atoms with E-state index in [2.05, 4.69) is 21.0 Å². The molecule has 0 fully saturated rings. The molecule has 90 valence electrons. The van der Waals surface area contributed by atoms with Crippen molar-refractivity contribution >= 4 is 33.2 Å². The summed E-state index contributed by atoms with van der Waals surface area (Å²) in [6.45, 7) is 0.570. The van der Waals surface area contributed by atoms with E-state index in [4.69, 9.17) is 0 Å². The maximum Gasteiger partial charge on any atom is 0.254 e. The third-order valence-corrected chi connectivity index (χ3v) is 3.84. The van der Waals surface area contributed by atoms with Gasteiger partial charge in [0.25, 0.3) is 5.91 Å². The summed E-state index contributed by atoms with van der Waals surface area (Å²) in [5.74, 6) is 0.0239. The number of thiophene rings is 1. The zero-order valence-corrected chi connectivity index (χ0v) is 12.0. The smallest absolute Gasteiger partial charge is 0.254 e. The molecule has 0 saturated carbocycles. The SMILES string of the molecule is CN(Cc1cnn(C)c1)C(=O)c1csc(Br)c1. The number of amides is 1. The first-order valence-corrected chi connectivity index (χ1v) is 6.70. The van der Waals surface area contributed by atoms with Crippen molar-refractivity contribution in [3.8, 4) is 0 Å². The lowest BCUT2D eigenvalue weighted by atomic mass is 10.2. The van der Waals surface area contributed by atoms with Crippen molar-refractivity contribution in [2.45, 2.75) is 6.54 Å². The number of aryl methyl sites for hydroxylation is 1. The molecule has 0 radical (unpaired) electrons. The van der Waals surface area contributed by atoms with E-state index < -0.39 is 0 Å². The molecule has 0 unspecified atom stereocenters. The van der Waals surface area contributed by atoms with Crippen molar-refractivity contribution in [1.82, 2.24) is 14.7 Å². The average molecular weight is 314 g/mol. The molecule has 0 atom stereocenters. The van der Waals surface area contributed by atoms with Gasteiger partial charge >= 0.3 is 0 Å². The van der Waals surface area contributed by atoms with E-state index in [0.717, 1.165) is 9.35 Å². The highest BCUT2D eigenvalue weighted by molar-refractivity contribution is 9.11. The Morgan fingerprint density at radius 1 is 1.65 bits per heavy atom. The zero-order valence-electron chi connectivity index (χ0n) is 9.55. The molecule has 0 aliphatic carbocycles. The zero-order chi connectivity index (χ0) is 12.4. The van der Waals surface area contributed by atoms with Gasteiger partial charge in [0.2, 0.25) is 0 Å². The van der Waals surface area contributed by atoms with Crippen LogP contribution in [0.1, 0.15) is 15.9 Å². The van der Waals surface area contributed by atoms with Crippen LogP contribution in [0, 0.1) is 0 Å². The van der Waals surface area contributed by atoms with Crippen LogP contribution in [0.3, 0.4) is 0 Å². The van der Waals surface area contributed by atoms with Crippen LogP contribution >= 0.6 is 27.3 Å². The Balaban J connectivity index is 2.05. The van der Waals surface area contributed by atoms with E-state index in [9.17, 15) is 4.79 Å². The van der Waals surface area contributed by atoms with Gasteiger partial charge in [-0.25, -0.2) is 0 Å². The fraction of sp³-hybridized carbons (Fsp3) is 0.273. The lowest BCUT2D eigenvalue weighted by Gasteiger charge is -2.15. The molecule has 0 saturated heterocycles. The molecule has 0 aliphatic rings. The normalized spacial score (nSPS) is 10.5. The minimum Gasteiger partial charge on any atom is -0.337 e. The number of aromatic nitrogens is 2. The predicted octanol–water partition coefficient (Wildman–Crippen LogP) is 2.52. The quantitative estimate of drug-likeness (QED) is 0.873. The van der Waals surface area contributed by atoms with Gasteiger partial charge in [-0.3, -0.25) is 9.48 Å². The van der Waals surface area contributed by atoms with Crippen LogP contribution in [0.5, 0.6) is 0 Å². The van der Waals surface area contributed by atoms with E-state index >= 15 is 0 Å². The Kier molecular flexibility index (Phi) is 3.63. The molecule has 0 aromatic carbocycles. The van der Waals surface area contributed by atoms with Gasteiger partial charge in [-0.1, -0.05) is 0 Å². The van der Waals surface area contributed by atoms with Gasteiger partial charge in [0.15, 0.2) is 0 Å². The fourth-order valence-electron chi connectivity index (χ4n) is 1.54. The lowest BCUT2D eigenvalue weighted by molar-refractivity contribution is 0.0785. The second-order valence-corrected chi connectivity index (χ2v) is 6.11. The molecule has 0 N–H and O–H groups in total. The van der Waals surface area contributed by atoms with Crippen molar-refractivity contribution < 1.29 is 4.79 Å². The monoisotopic (exact) mass is 313 g/mol. The number of hydrogen-bond donors (Lipinski definition) is 0. The maximum absolute atomic E-state index is 12.1. The van der Waals surface area contributed by atoms with E-state index in [1.54, 1.807) is 22.8 Å². The maximum atomic E-state index is 12.1.